The van der Waals surface area contributed by atoms with Gasteiger partial charge in [-0.3, -0.25) is 4.99 Å². The van der Waals surface area contributed by atoms with Gasteiger partial charge in [0.1, 0.15) is 12.4 Å². The quantitative estimate of drug-likeness (QED) is 0.495. The fourth-order valence-electron chi connectivity index (χ4n) is 2.63. The van der Waals surface area contributed by atoms with E-state index >= 15 is 0 Å². The summed E-state index contributed by atoms with van der Waals surface area (Å²) in [6, 6.07) is 8.06. The number of para-hydroxylation sites is 1. The molecule has 1 aliphatic heterocycles. The number of rotatable bonds is 6. The third-order valence-corrected chi connectivity index (χ3v) is 3.87. The van der Waals surface area contributed by atoms with Crippen molar-refractivity contribution in [1.82, 2.24) is 10.2 Å². The van der Waals surface area contributed by atoms with Gasteiger partial charge in [-0.15, -0.1) is 0 Å². The lowest BCUT2D eigenvalue weighted by atomic mass is 10.1. The summed E-state index contributed by atoms with van der Waals surface area (Å²) < 4.78 is 11.2. The summed E-state index contributed by atoms with van der Waals surface area (Å²) in [7, 11) is 3.88. The molecule has 1 saturated heterocycles. The summed E-state index contributed by atoms with van der Waals surface area (Å²) in [6.45, 7) is 6.11. The van der Waals surface area contributed by atoms with E-state index in [4.69, 9.17) is 9.47 Å². The van der Waals surface area contributed by atoms with E-state index in [0.717, 1.165) is 50.0 Å². The van der Waals surface area contributed by atoms with Crippen LogP contribution in [-0.4, -0.2) is 57.9 Å². The van der Waals surface area contributed by atoms with Crippen LogP contribution in [0.15, 0.2) is 29.3 Å². The third kappa shape index (κ3) is 4.91. The van der Waals surface area contributed by atoms with E-state index in [9.17, 15) is 0 Å². The second-order valence-corrected chi connectivity index (χ2v) is 5.70. The Hall–Kier alpha value is -1.75. The van der Waals surface area contributed by atoms with Gasteiger partial charge < -0.3 is 19.7 Å². The molecule has 2 rings (SSSR count). The van der Waals surface area contributed by atoms with E-state index < -0.39 is 0 Å². The smallest absolute Gasteiger partial charge is 0.193 e. The molecular weight excluding hydrogens is 278 g/mol. The van der Waals surface area contributed by atoms with E-state index in [1.807, 2.05) is 25.2 Å². The first-order valence-corrected chi connectivity index (χ1v) is 7.88. The SMILES string of the molecule is CN=C(NCCOc1ccccc1C)N(C)CC1CCOC1. The lowest BCUT2D eigenvalue weighted by Gasteiger charge is -2.24. The highest BCUT2D eigenvalue weighted by molar-refractivity contribution is 5.79. The molecule has 0 spiro atoms. The van der Waals surface area contributed by atoms with Gasteiger partial charge in [-0.2, -0.15) is 0 Å². The van der Waals surface area contributed by atoms with Crippen molar-refractivity contribution in [3.63, 3.8) is 0 Å². The summed E-state index contributed by atoms with van der Waals surface area (Å²) in [5.41, 5.74) is 1.16. The van der Waals surface area contributed by atoms with Crippen LogP contribution in [0.4, 0.5) is 0 Å². The van der Waals surface area contributed by atoms with Gasteiger partial charge in [0.05, 0.1) is 13.2 Å². The second-order valence-electron chi connectivity index (χ2n) is 5.70. The number of ether oxygens (including phenoxy) is 2. The minimum Gasteiger partial charge on any atom is -0.491 e. The Morgan fingerprint density at radius 1 is 1.45 bits per heavy atom. The molecule has 1 heterocycles. The first-order valence-electron chi connectivity index (χ1n) is 7.88. The normalized spacial score (nSPS) is 18.3. The first kappa shape index (κ1) is 16.6. The number of guanidine groups is 1. The molecule has 0 radical (unpaired) electrons. The van der Waals surface area contributed by atoms with Crippen LogP contribution in [0.2, 0.25) is 0 Å². The average Bonchev–Trinajstić information content (AvgIpc) is 3.02. The molecule has 1 unspecified atom stereocenters. The fourth-order valence-corrected chi connectivity index (χ4v) is 2.63. The van der Waals surface area contributed by atoms with Crippen molar-refractivity contribution < 1.29 is 9.47 Å². The molecule has 0 saturated carbocycles. The van der Waals surface area contributed by atoms with Crippen molar-refractivity contribution in [1.29, 1.82) is 0 Å². The molecule has 0 amide bonds. The van der Waals surface area contributed by atoms with Crippen molar-refractivity contribution >= 4 is 5.96 Å². The van der Waals surface area contributed by atoms with Crippen LogP contribution in [-0.2, 0) is 4.74 Å². The predicted octanol–water partition coefficient (Wildman–Crippen LogP) is 1.92. The van der Waals surface area contributed by atoms with E-state index in [2.05, 4.69) is 35.2 Å². The highest BCUT2D eigenvalue weighted by atomic mass is 16.5. The second kappa shape index (κ2) is 8.63. The first-order chi connectivity index (χ1) is 10.7. The minimum absolute atomic E-state index is 0.603. The van der Waals surface area contributed by atoms with E-state index in [1.165, 1.54) is 0 Å². The zero-order valence-corrected chi connectivity index (χ0v) is 13.8. The zero-order chi connectivity index (χ0) is 15.8. The van der Waals surface area contributed by atoms with Gasteiger partial charge in [0.25, 0.3) is 0 Å². The van der Waals surface area contributed by atoms with Crippen LogP contribution in [0.1, 0.15) is 12.0 Å². The van der Waals surface area contributed by atoms with Crippen LogP contribution in [0.3, 0.4) is 0 Å². The maximum absolute atomic E-state index is 5.79. The molecule has 122 valence electrons. The largest absolute Gasteiger partial charge is 0.491 e. The molecule has 1 aromatic carbocycles. The van der Waals surface area contributed by atoms with E-state index in [0.29, 0.717) is 12.5 Å². The number of nitrogens with zero attached hydrogens (tertiary/aromatic N) is 2. The van der Waals surface area contributed by atoms with E-state index in [-0.39, 0.29) is 0 Å². The highest BCUT2D eigenvalue weighted by Gasteiger charge is 2.18. The Balaban J connectivity index is 1.70. The van der Waals surface area contributed by atoms with Crippen LogP contribution in [0.25, 0.3) is 0 Å². The van der Waals surface area contributed by atoms with Crippen LogP contribution in [0, 0.1) is 12.8 Å². The fraction of sp³-hybridized carbons (Fsp3) is 0.588. The lowest BCUT2D eigenvalue weighted by Crippen LogP contribution is -2.42. The molecule has 1 N–H and O–H groups in total. The summed E-state index contributed by atoms with van der Waals surface area (Å²) >= 11 is 0. The maximum atomic E-state index is 5.79. The standard InChI is InChI=1S/C17H27N3O2/c1-14-6-4-5-7-16(14)22-11-9-19-17(18-2)20(3)12-15-8-10-21-13-15/h4-7,15H,8-13H2,1-3H3,(H,18,19). The van der Waals surface area contributed by atoms with Crippen LogP contribution < -0.4 is 10.1 Å². The van der Waals surface area contributed by atoms with Gasteiger partial charge in [-0.25, -0.2) is 0 Å². The number of hydrogen-bond donors (Lipinski definition) is 1. The van der Waals surface area contributed by atoms with Gasteiger partial charge in [0.15, 0.2) is 5.96 Å². The Morgan fingerprint density at radius 3 is 2.95 bits per heavy atom. The van der Waals surface area contributed by atoms with Crippen molar-refractivity contribution in [2.45, 2.75) is 13.3 Å². The van der Waals surface area contributed by atoms with Gasteiger partial charge in [-0.1, -0.05) is 18.2 Å². The van der Waals surface area contributed by atoms with Gasteiger partial charge >= 0.3 is 0 Å². The molecule has 0 bridgehead atoms. The predicted molar refractivity (Wildman–Crippen MR) is 89.6 cm³/mol. The molecule has 22 heavy (non-hydrogen) atoms. The zero-order valence-electron chi connectivity index (χ0n) is 13.8. The molecular formula is C17H27N3O2. The monoisotopic (exact) mass is 305 g/mol. The van der Waals surface area contributed by atoms with Crippen molar-refractivity contribution in [3.8, 4) is 5.75 Å². The van der Waals surface area contributed by atoms with Crippen LogP contribution >= 0.6 is 0 Å². The van der Waals surface area contributed by atoms with E-state index in [1.54, 1.807) is 0 Å². The summed E-state index contributed by atoms with van der Waals surface area (Å²) in [6.07, 6.45) is 1.14. The number of aryl methyl sites for hydroxylation is 1. The number of benzene rings is 1. The maximum Gasteiger partial charge on any atom is 0.193 e. The Morgan fingerprint density at radius 2 is 2.27 bits per heavy atom. The summed E-state index contributed by atoms with van der Waals surface area (Å²) in [5.74, 6) is 2.45. The van der Waals surface area contributed by atoms with Crippen molar-refractivity contribution in [2.75, 3.05) is 47.0 Å². The Bertz CT molecular complexity index is 485. The van der Waals surface area contributed by atoms with Gasteiger partial charge in [0, 0.05) is 33.2 Å². The molecule has 5 heteroatoms. The topological polar surface area (TPSA) is 46.1 Å². The highest BCUT2D eigenvalue weighted by Crippen LogP contribution is 2.15. The summed E-state index contributed by atoms with van der Waals surface area (Å²) in [4.78, 5) is 6.49. The number of aliphatic imine (C=N–C) groups is 1. The average molecular weight is 305 g/mol. The number of hydrogen-bond acceptors (Lipinski definition) is 3. The van der Waals surface area contributed by atoms with Gasteiger partial charge in [0.2, 0.25) is 0 Å². The van der Waals surface area contributed by atoms with Gasteiger partial charge in [-0.05, 0) is 25.0 Å². The minimum atomic E-state index is 0.603. The Kier molecular flexibility index (Phi) is 6.52. The molecule has 0 aliphatic carbocycles. The molecule has 1 aliphatic rings. The molecule has 1 atom stereocenters. The van der Waals surface area contributed by atoms with Crippen LogP contribution in [0.5, 0.6) is 5.75 Å². The molecule has 1 aromatic rings. The Labute approximate surface area is 133 Å². The summed E-state index contributed by atoms with van der Waals surface area (Å²) in [5, 5.41) is 3.34. The number of nitrogens with one attached hydrogen (secondary N) is 1. The third-order valence-electron chi connectivity index (χ3n) is 3.87. The lowest BCUT2D eigenvalue weighted by molar-refractivity contribution is 0.181. The van der Waals surface area contributed by atoms with Crippen molar-refractivity contribution in [3.05, 3.63) is 29.8 Å². The van der Waals surface area contributed by atoms with Crippen molar-refractivity contribution in [2.24, 2.45) is 10.9 Å². The molecule has 5 nitrogen and oxygen atoms in total. The molecule has 0 aromatic heterocycles. The molecule has 1 fully saturated rings.